The van der Waals surface area contributed by atoms with Crippen LogP contribution in [-0.4, -0.2) is 28.1 Å². The molecule has 0 radical (unpaired) electrons. The van der Waals surface area contributed by atoms with Gasteiger partial charge in [-0.25, -0.2) is 0 Å². The van der Waals surface area contributed by atoms with E-state index in [9.17, 15) is 0 Å². The maximum atomic E-state index is 4.14. The summed E-state index contributed by atoms with van der Waals surface area (Å²) in [4.78, 5) is 3.01. The molecule has 1 saturated heterocycles. The fraction of sp³-hybridized carbons (Fsp3) is 0.750. The predicted molar refractivity (Wildman–Crippen MR) is 58.8 cm³/mol. The Morgan fingerprint density at radius 2 is 2.08 bits per heavy atom. The monoisotopic (exact) mass is 261 g/mol. The highest BCUT2D eigenvalue weighted by molar-refractivity contribution is 9.09. The Morgan fingerprint density at radius 3 is 2.62 bits per heavy atom. The van der Waals surface area contributed by atoms with E-state index >= 15 is 0 Å². The largest absolute Gasteiger partial charge is 0.347 e. The van der Waals surface area contributed by atoms with Gasteiger partial charge in [0, 0.05) is 17.9 Å². The van der Waals surface area contributed by atoms with Gasteiger partial charge in [0.15, 0.2) is 0 Å². The minimum Gasteiger partial charge on any atom is -0.347 e. The van der Waals surface area contributed by atoms with Gasteiger partial charge in [0.2, 0.25) is 5.13 Å². The summed E-state index contributed by atoms with van der Waals surface area (Å²) < 4.78 is 0. The minimum absolute atomic E-state index is 0.692. The van der Waals surface area contributed by atoms with Crippen LogP contribution in [0.3, 0.4) is 0 Å². The SMILES string of the molecule is Cc1nnc(N2CCC(Br)CC2)s1. The maximum Gasteiger partial charge on any atom is 0.208 e. The second-order valence-corrected chi connectivity index (χ2v) is 5.72. The van der Waals surface area contributed by atoms with Crippen LogP contribution < -0.4 is 4.90 Å². The van der Waals surface area contributed by atoms with Crippen molar-refractivity contribution in [3.63, 3.8) is 0 Å². The molecule has 0 unspecified atom stereocenters. The normalized spacial score (nSPS) is 19.4. The lowest BCUT2D eigenvalue weighted by Crippen LogP contribution is -2.33. The fourth-order valence-corrected chi connectivity index (χ4v) is 2.60. The molecular weight excluding hydrogens is 250 g/mol. The van der Waals surface area contributed by atoms with E-state index in [2.05, 4.69) is 31.0 Å². The Kier molecular flexibility index (Phi) is 2.83. The molecule has 1 aromatic heterocycles. The van der Waals surface area contributed by atoms with Gasteiger partial charge in [-0.1, -0.05) is 27.3 Å². The highest BCUT2D eigenvalue weighted by atomic mass is 79.9. The van der Waals surface area contributed by atoms with Crippen molar-refractivity contribution in [2.45, 2.75) is 24.6 Å². The topological polar surface area (TPSA) is 29.0 Å². The molecule has 0 spiro atoms. The van der Waals surface area contributed by atoms with E-state index in [4.69, 9.17) is 0 Å². The summed E-state index contributed by atoms with van der Waals surface area (Å²) in [6.45, 7) is 4.20. The number of piperidine rings is 1. The molecule has 2 heterocycles. The summed E-state index contributed by atoms with van der Waals surface area (Å²) in [7, 11) is 0. The van der Waals surface area contributed by atoms with E-state index in [0.717, 1.165) is 23.2 Å². The molecule has 3 nitrogen and oxygen atoms in total. The standard InChI is InChI=1S/C8H12BrN3S/c1-6-10-11-8(13-6)12-4-2-7(9)3-5-12/h7H,2-5H2,1H3. The third-order valence-corrected chi connectivity index (χ3v) is 4.03. The first kappa shape index (κ1) is 9.40. The molecule has 72 valence electrons. The van der Waals surface area contributed by atoms with Crippen LogP contribution in [0.25, 0.3) is 0 Å². The molecule has 1 aliphatic heterocycles. The van der Waals surface area contributed by atoms with Crippen molar-refractivity contribution in [3.8, 4) is 0 Å². The molecular formula is C8H12BrN3S. The average Bonchev–Trinajstić information content (AvgIpc) is 2.53. The number of anilines is 1. The number of hydrogen-bond donors (Lipinski definition) is 0. The van der Waals surface area contributed by atoms with Gasteiger partial charge in [0.1, 0.15) is 5.01 Å². The van der Waals surface area contributed by atoms with E-state index in [1.54, 1.807) is 11.3 Å². The van der Waals surface area contributed by atoms with Gasteiger partial charge < -0.3 is 4.90 Å². The lowest BCUT2D eigenvalue weighted by Gasteiger charge is -2.28. The number of alkyl halides is 1. The molecule has 0 bridgehead atoms. The summed E-state index contributed by atoms with van der Waals surface area (Å²) in [6.07, 6.45) is 2.41. The first-order valence-corrected chi connectivity index (χ1v) is 6.18. The van der Waals surface area contributed by atoms with Gasteiger partial charge in [0.05, 0.1) is 0 Å². The number of rotatable bonds is 1. The van der Waals surface area contributed by atoms with Gasteiger partial charge >= 0.3 is 0 Å². The van der Waals surface area contributed by atoms with E-state index in [1.807, 2.05) is 6.92 Å². The molecule has 1 fully saturated rings. The van der Waals surface area contributed by atoms with Gasteiger partial charge in [-0.2, -0.15) is 0 Å². The molecule has 0 N–H and O–H groups in total. The zero-order valence-corrected chi connectivity index (χ0v) is 9.94. The van der Waals surface area contributed by atoms with Crippen LogP contribution >= 0.6 is 27.3 Å². The van der Waals surface area contributed by atoms with Crippen LogP contribution in [0.4, 0.5) is 5.13 Å². The Hall–Kier alpha value is -0.160. The third kappa shape index (κ3) is 2.20. The van der Waals surface area contributed by atoms with Gasteiger partial charge in [-0.3, -0.25) is 0 Å². The first-order chi connectivity index (χ1) is 6.25. The Morgan fingerprint density at radius 1 is 1.38 bits per heavy atom. The number of aryl methyl sites for hydroxylation is 1. The molecule has 0 saturated carbocycles. The van der Waals surface area contributed by atoms with Crippen LogP contribution in [0.15, 0.2) is 0 Å². The lowest BCUT2D eigenvalue weighted by molar-refractivity contribution is 0.594. The molecule has 1 aliphatic rings. The summed E-state index contributed by atoms with van der Waals surface area (Å²) in [5.41, 5.74) is 0. The molecule has 13 heavy (non-hydrogen) atoms. The molecule has 1 aromatic rings. The van der Waals surface area contributed by atoms with Gasteiger partial charge in [0.25, 0.3) is 0 Å². The second kappa shape index (κ2) is 3.92. The predicted octanol–water partition coefficient (Wildman–Crippen LogP) is 2.21. The van der Waals surface area contributed by atoms with E-state index in [0.29, 0.717) is 4.83 Å². The van der Waals surface area contributed by atoms with Crippen LogP contribution in [0.5, 0.6) is 0 Å². The van der Waals surface area contributed by atoms with Crippen LogP contribution in [-0.2, 0) is 0 Å². The first-order valence-electron chi connectivity index (χ1n) is 4.45. The average molecular weight is 262 g/mol. The summed E-state index contributed by atoms with van der Waals surface area (Å²) in [6, 6.07) is 0. The molecule has 2 rings (SSSR count). The zero-order valence-electron chi connectivity index (χ0n) is 7.53. The van der Waals surface area contributed by atoms with Crippen molar-refractivity contribution >= 4 is 32.4 Å². The third-order valence-electron chi connectivity index (χ3n) is 2.21. The van der Waals surface area contributed by atoms with Crippen molar-refractivity contribution in [1.29, 1.82) is 0 Å². The quantitative estimate of drug-likeness (QED) is 0.726. The minimum atomic E-state index is 0.692. The van der Waals surface area contributed by atoms with Gasteiger partial charge in [-0.15, -0.1) is 10.2 Å². The Labute approximate surface area is 90.3 Å². The maximum absolute atomic E-state index is 4.14. The van der Waals surface area contributed by atoms with Crippen LogP contribution in [0.1, 0.15) is 17.8 Å². The van der Waals surface area contributed by atoms with E-state index < -0.39 is 0 Å². The molecule has 5 heteroatoms. The summed E-state index contributed by atoms with van der Waals surface area (Å²) in [5.74, 6) is 0. The zero-order chi connectivity index (χ0) is 9.26. The van der Waals surface area contributed by atoms with Crippen molar-refractivity contribution in [2.75, 3.05) is 18.0 Å². The van der Waals surface area contributed by atoms with E-state index in [-0.39, 0.29) is 0 Å². The number of aromatic nitrogens is 2. The molecule has 0 aromatic carbocycles. The number of nitrogens with zero attached hydrogens (tertiary/aromatic N) is 3. The van der Waals surface area contributed by atoms with Gasteiger partial charge in [-0.05, 0) is 19.8 Å². The molecule has 0 atom stereocenters. The highest BCUT2D eigenvalue weighted by Gasteiger charge is 2.19. The lowest BCUT2D eigenvalue weighted by atomic mass is 10.1. The van der Waals surface area contributed by atoms with Crippen LogP contribution in [0.2, 0.25) is 0 Å². The second-order valence-electron chi connectivity index (χ2n) is 3.27. The molecule has 0 aliphatic carbocycles. The Bertz CT molecular complexity index is 281. The number of hydrogen-bond acceptors (Lipinski definition) is 4. The molecule has 0 amide bonds. The fourth-order valence-electron chi connectivity index (χ4n) is 1.45. The van der Waals surface area contributed by atoms with Crippen LogP contribution in [0, 0.1) is 6.92 Å². The van der Waals surface area contributed by atoms with Crippen molar-refractivity contribution in [3.05, 3.63) is 5.01 Å². The smallest absolute Gasteiger partial charge is 0.208 e. The number of halogens is 1. The Balaban J connectivity index is 2.02. The summed E-state index contributed by atoms with van der Waals surface area (Å²) >= 11 is 5.32. The van der Waals surface area contributed by atoms with E-state index in [1.165, 1.54) is 12.8 Å². The summed E-state index contributed by atoms with van der Waals surface area (Å²) in [5, 5.41) is 10.3. The van der Waals surface area contributed by atoms with Crippen molar-refractivity contribution in [1.82, 2.24) is 10.2 Å². The van der Waals surface area contributed by atoms with Crippen molar-refractivity contribution < 1.29 is 0 Å². The van der Waals surface area contributed by atoms with Crippen molar-refractivity contribution in [2.24, 2.45) is 0 Å². The highest BCUT2D eigenvalue weighted by Crippen LogP contribution is 2.25.